The SMILES string of the molecule is Cc1ccc(C(=O)CC2COCCN2)cc1. The molecule has 3 nitrogen and oxygen atoms in total. The maximum absolute atomic E-state index is 11.9. The van der Waals surface area contributed by atoms with Gasteiger partial charge in [0, 0.05) is 24.6 Å². The topological polar surface area (TPSA) is 38.3 Å². The molecule has 1 aromatic carbocycles. The molecule has 1 saturated heterocycles. The number of ether oxygens (including phenoxy) is 1. The summed E-state index contributed by atoms with van der Waals surface area (Å²) in [6.07, 6.45) is 0.517. The number of ketones is 1. The molecule has 1 heterocycles. The Morgan fingerprint density at radius 2 is 2.19 bits per heavy atom. The Labute approximate surface area is 95.8 Å². The Morgan fingerprint density at radius 1 is 1.44 bits per heavy atom. The fraction of sp³-hybridized carbons (Fsp3) is 0.462. The van der Waals surface area contributed by atoms with E-state index >= 15 is 0 Å². The van der Waals surface area contributed by atoms with Gasteiger partial charge in [-0.1, -0.05) is 29.8 Å². The molecule has 1 fully saturated rings. The first-order valence-electron chi connectivity index (χ1n) is 5.67. The van der Waals surface area contributed by atoms with E-state index in [1.165, 1.54) is 5.56 Å². The molecule has 0 saturated carbocycles. The molecule has 0 radical (unpaired) electrons. The van der Waals surface area contributed by atoms with Gasteiger partial charge in [0.05, 0.1) is 13.2 Å². The summed E-state index contributed by atoms with van der Waals surface area (Å²) in [7, 11) is 0. The van der Waals surface area contributed by atoms with E-state index in [0.717, 1.165) is 18.7 Å². The van der Waals surface area contributed by atoms with Gasteiger partial charge in [-0.05, 0) is 6.92 Å². The van der Waals surface area contributed by atoms with Gasteiger partial charge in [-0.15, -0.1) is 0 Å². The first-order chi connectivity index (χ1) is 7.75. The molecule has 3 heteroatoms. The minimum atomic E-state index is 0.169. The van der Waals surface area contributed by atoms with Crippen LogP contribution >= 0.6 is 0 Å². The third kappa shape index (κ3) is 2.90. The Bertz CT molecular complexity index is 353. The highest BCUT2D eigenvalue weighted by Crippen LogP contribution is 2.09. The van der Waals surface area contributed by atoms with E-state index in [1.54, 1.807) is 0 Å². The van der Waals surface area contributed by atoms with Crippen LogP contribution in [0.25, 0.3) is 0 Å². The van der Waals surface area contributed by atoms with Crippen molar-refractivity contribution in [1.82, 2.24) is 5.32 Å². The van der Waals surface area contributed by atoms with Crippen LogP contribution in [-0.2, 0) is 4.74 Å². The average Bonchev–Trinajstić information content (AvgIpc) is 2.31. The monoisotopic (exact) mass is 219 g/mol. The van der Waals surface area contributed by atoms with Crippen molar-refractivity contribution in [2.24, 2.45) is 0 Å². The van der Waals surface area contributed by atoms with E-state index in [0.29, 0.717) is 13.0 Å². The number of hydrogen-bond donors (Lipinski definition) is 1. The second kappa shape index (κ2) is 5.23. The van der Waals surface area contributed by atoms with Crippen LogP contribution in [0, 0.1) is 6.92 Å². The Morgan fingerprint density at radius 3 is 2.81 bits per heavy atom. The normalized spacial score (nSPS) is 20.7. The summed E-state index contributed by atoms with van der Waals surface area (Å²) in [4.78, 5) is 11.9. The third-order valence-corrected chi connectivity index (χ3v) is 2.80. The number of rotatable bonds is 3. The smallest absolute Gasteiger partial charge is 0.164 e. The maximum Gasteiger partial charge on any atom is 0.164 e. The standard InChI is InChI=1S/C13H17NO2/c1-10-2-4-11(5-3-10)13(15)8-12-9-16-7-6-14-12/h2-5,12,14H,6-9H2,1H3. The molecule has 1 atom stereocenters. The molecule has 0 amide bonds. The van der Waals surface area contributed by atoms with E-state index < -0.39 is 0 Å². The van der Waals surface area contributed by atoms with E-state index in [2.05, 4.69) is 5.32 Å². The van der Waals surface area contributed by atoms with Gasteiger partial charge < -0.3 is 10.1 Å². The summed E-state index contributed by atoms with van der Waals surface area (Å²) in [6, 6.07) is 7.89. The van der Waals surface area contributed by atoms with Gasteiger partial charge in [0.15, 0.2) is 5.78 Å². The quantitative estimate of drug-likeness (QED) is 0.784. The van der Waals surface area contributed by atoms with Crippen LogP contribution in [0.3, 0.4) is 0 Å². The second-order valence-electron chi connectivity index (χ2n) is 4.22. The van der Waals surface area contributed by atoms with Gasteiger partial charge in [-0.25, -0.2) is 0 Å². The predicted octanol–water partition coefficient (Wildman–Crippen LogP) is 1.56. The molecular formula is C13H17NO2. The molecule has 2 rings (SSSR count). The highest BCUT2D eigenvalue weighted by atomic mass is 16.5. The third-order valence-electron chi connectivity index (χ3n) is 2.80. The lowest BCUT2D eigenvalue weighted by molar-refractivity contribution is 0.0676. The molecule has 1 unspecified atom stereocenters. The number of hydrogen-bond acceptors (Lipinski definition) is 3. The summed E-state index contributed by atoms with van der Waals surface area (Å²) in [5, 5.41) is 3.29. The summed E-state index contributed by atoms with van der Waals surface area (Å²) in [6.45, 7) is 4.24. The van der Waals surface area contributed by atoms with E-state index in [1.807, 2.05) is 31.2 Å². The van der Waals surface area contributed by atoms with Crippen LogP contribution in [0.2, 0.25) is 0 Å². The zero-order chi connectivity index (χ0) is 11.4. The lowest BCUT2D eigenvalue weighted by Gasteiger charge is -2.23. The largest absolute Gasteiger partial charge is 0.378 e. The van der Waals surface area contributed by atoms with Gasteiger partial charge in [0.25, 0.3) is 0 Å². The minimum Gasteiger partial charge on any atom is -0.378 e. The highest BCUT2D eigenvalue weighted by Gasteiger charge is 2.17. The average molecular weight is 219 g/mol. The van der Waals surface area contributed by atoms with Crippen LogP contribution in [-0.4, -0.2) is 31.6 Å². The Balaban J connectivity index is 1.94. The fourth-order valence-electron chi connectivity index (χ4n) is 1.83. The molecule has 0 aromatic heterocycles. The summed E-state index contributed by atoms with van der Waals surface area (Å²) in [5.74, 6) is 0.183. The summed E-state index contributed by atoms with van der Waals surface area (Å²) < 4.78 is 5.32. The van der Waals surface area contributed by atoms with Crippen LogP contribution in [0.4, 0.5) is 0 Å². The van der Waals surface area contributed by atoms with Crippen molar-refractivity contribution in [3.8, 4) is 0 Å². The molecule has 0 aliphatic carbocycles. The van der Waals surface area contributed by atoms with Gasteiger partial charge >= 0.3 is 0 Å². The number of nitrogens with one attached hydrogen (secondary N) is 1. The van der Waals surface area contributed by atoms with Crippen molar-refractivity contribution in [3.63, 3.8) is 0 Å². The van der Waals surface area contributed by atoms with Gasteiger partial charge in [0.1, 0.15) is 0 Å². The molecule has 0 bridgehead atoms. The predicted molar refractivity (Wildman–Crippen MR) is 62.7 cm³/mol. The van der Waals surface area contributed by atoms with Crippen molar-refractivity contribution >= 4 is 5.78 Å². The first-order valence-corrected chi connectivity index (χ1v) is 5.67. The summed E-state index contributed by atoms with van der Waals surface area (Å²) in [5.41, 5.74) is 1.97. The molecule has 0 spiro atoms. The van der Waals surface area contributed by atoms with E-state index in [-0.39, 0.29) is 11.8 Å². The summed E-state index contributed by atoms with van der Waals surface area (Å²) >= 11 is 0. The van der Waals surface area contributed by atoms with E-state index in [9.17, 15) is 4.79 Å². The molecule has 1 aromatic rings. The fourth-order valence-corrected chi connectivity index (χ4v) is 1.83. The highest BCUT2D eigenvalue weighted by molar-refractivity contribution is 5.96. The van der Waals surface area contributed by atoms with Crippen LogP contribution in [0.15, 0.2) is 24.3 Å². The number of Topliss-reactive ketones (excluding diaryl/α,β-unsaturated/α-hetero) is 1. The molecular weight excluding hydrogens is 202 g/mol. The minimum absolute atomic E-state index is 0.169. The molecule has 1 N–H and O–H groups in total. The van der Waals surface area contributed by atoms with Crippen LogP contribution in [0.1, 0.15) is 22.3 Å². The zero-order valence-corrected chi connectivity index (χ0v) is 9.53. The van der Waals surface area contributed by atoms with Gasteiger partial charge in [-0.2, -0.15) is 0 Å². The molecule has 1 aliphatic heterocycles. The first kappa shape index (κ1) is 11.3. The lowest BCUT2D eigenvalue weighted by atomic mass is 10.0. The van der Waals surface area contributed by atoms with Crippen LogP contribution in [0.5, 0.6) is 0 Å². The maximum atomic E-state index is 11.9. The molecule has 16 heavy (non-hydrogen) atoms. The van der Waals surface area contributed by atoms with Crippen molar-refractivity contribution in [3.05, 3.63) is 35.4 Å². The van der Waals surface area contributed by atoms with Crippen molar-refractivity contribution in [2.45, 2.75) is 19.4 Å². The van der Waals surface area contributed by atoms with Crippen molar-refractivity contribution < 1.29 is 9.53 Å². The van der Waals surface area contributed by atoms with Gasteiger partial charge in [0.2, 0.25) is 0 Å². The molecule has 1 aliphatic rings. The number of benzene rings is 1. The Kier molecular flexibility index (Phi) is 3.70. The zero-order valence-electron chi connectivity index (χ0n) is 9.53. The number of aryl methyl sites for hydroxylation is 1. The van der Waals surface area contributed by atoms with Crippen molar-refractivity contribution in [1.29, 1.82) is 0 Å². The van der Waals surface area contributed by atoms with E-state index in [4.69, 9.17) is 4.74 Å². The number of carbonyl (C=O) groups is 1. The number of morpholine rings is 1. The number of carbonyl (C=O) groups excluding carboxylic acids is 1. The second-order valence-corrected chi connectivity index (χ2v) is 4.22. The lowest BCUT2D eigenvalue weighted by Crippen LogP contribution is -2.42. The van der Waals surface area contributed by atoms with Crippen molar-refractivity contribution in [2.75, 3.05) is 19.8 Å². The van der Waals surface area contributed by atoms with Crippen LogP contribution < -0.4 is 5.32 Å². The Hall–Kier alpha value is -1.19. The molecule has 86 valence electrons. The van der Waals surface area contributed by atoms with Gasteiger partial charge in [-0.3, -0.25) is 4.79 Å².